The number of aliphatic hydroxyl groups excluding tert-OH is 1. The van der Waals surface area contributed by atoms with Crippen molar-refractivity contribution in [2.24, 2.45) is 5.92 Å². The lowest BCUT2D eigenvalue weighted by atomic mass is 9.94. The summed E-state index contributed by atoms with van der Waals surface area (Å²) in [6.07, 6.45) is 1.54. The van der Waals surface area contributed by atoms with Gasteiger partial charge in [-0.1, -0.05) is 19.9 Å². The second kappa shape index (κ2) is 11.9. The number of aliphatic hydroxyl groups is 1. The van der Waals surface area contributed by atoms with Crippen molar-refractivity contribution in [2.75, 3.05) is 33.5 Å². The topological polar surface area (TPSA) is 94.5 Å². The molecule has 8 nitrogen and oxygen atoms in total. The van der Waals surface area contributed by atoms with E-state index in [1.54, 1.807) is 36.4 Å². The minimum Gasteiger partial charge on any atom is -0.507 e. The van der Waals surface area contributed by atoms with E-state index in [-0.39, 0.29) is 24.0 Å². The maximum atomic E-state index is 13.4. The van der Waals surface area contributed by atoms with Crippen LogP contribution in [-0.4, -0.2) is 61.3 Å². The number of hydrogen-bond donors (Lipinski definition) is 1. The van der Waals surface area contributed by atoms with E-state index >= 15 is 0 Å². The van der Waals surface area contributed by atoms with Gasteiger partial charge in [-0.15, -0.1) is 0 Å². The number of aryl methyl sites for hydroxylation is 1. The van der Waals surface area contributed by atoms with Crippen LogP contribution in [0.2, 0.25) is 0 Å². The molecule has 2 unspecified atom stereocenters. The van der Waals surface area contributed by atoms with Crippen molar-refractivity contribution in [3.8, 4) is 17.2 Å². The van der Waals surface area contributed by atoms with Crippen LogP contribution >= 0.6 is 0 Å². The fourth-order valence-corrected chi connectivity index (χ4v) is 4.92. The van der Waals surface area contributed by atoms with Crippen molar-refractivity contribution in [1.29, 1.82) is 0 Å². The number of Topliss-reactive ketones (excluding diaryl/α,β-unsaturated/α-hetero) is 1. The summed E-state index contributed by atoms with van der Waals surface area (Å²) in [6, 6.07) is 9.77. The third-order valence-electron chi connectivity index (χ3n) is 6.79. The first-order valence-electron chi connectivity index (χ1n) is 13.2. The molecule has 8 heteroatoms. The second-order valence-electron chi connectivity index (χ2n) is 10.1. The monoisotopic (exact) mass is 523 g/mol. The highest BCUT2D eigenvalue weighted by Gasteiger charge is 2.47. The molecule has 2 heterocycles. The molecule has 0 aliphatic carbocycles. The van der Waals surface area contributed by atoms with Gasteiger partial charge in [-0.3, -0.25) is 9.59 Å². The Balaban J connectivity index is 1.79. The fraction of sp³-hybridized carbons (Fsp3) is 0.467. The van der Waals surface area contributed by atoms with Gasteiger partial charge in [0.15, 0.2) is 11.5 Å². The molecular formula is C30H37NO7. The van der Waals surface area contributed by atoms with Crippen LogP contribution in [0.15, 0.2) is 42.0 Å². The normalized spacial score (nSPS) is 20.8. The first-order valence-corrected chi connectivity index (χ1v) is 13.2. The van der Waals surface area contributed by atoms with Crippen LogP contribution in [0, 0.1) is 12.8 Å². The number of likely N-dealkylation sites (tertiary alicyclic amines) is 1. The minimum absolute atomic E-state index is 0.0365. The highest BCUT2D eigenvalue weighted by Crippen LogP contribution is 2.42. The summed E-state index contributed by atoms with van der Waals surface area (Å²) in [5.41, 5.74) is 1.94. The van der Waals surface area contributed by atoms with Gasteiger partial charge in [0.25, 0.3) is 11.7 Å². The van der Waals surface area contributed by atoms with Crippen LogP contribution in [0.3, 0.4) is 0 Å². The molecule has 2 aromatic rings. The summed E-state index contributed by atoms with van der Waals surface area (Å²) in [4.78, 5) is 28.2. The largest absolute Gasteiger partial charge is 0.507 e. The van der Waals surface area contributed by atoms with Crippen molar-refractivity contribution in [2.45, 2.75) is 52.7 Å². The Morgan fingerprint density at radius 2 is 1.87 bits per heavy atom. The zero-order valence-corrected chi connectivity index (χ0v) is 22.8. The van der Waals surface area contributed by atoms with Crippen LogP contribution in [0.25, 0.3) is 5.76 Å². The predicted octanol–water partition coefficient (Wildman–Crippen LogP) is 5.04. The Kier molecular flexibility index (Phi) is 8.62. The van der Waals surface area contributed by atoms with Crippen LogP contribution in [-0.2, 0) is 14.3 Å². The molecule has 0 bridgehead atoms. The zero-order chi connectivity index (χ0) is 27.4. The molecule has 38 heavy (non-hydrogen) atoms. The van der Waals surface area contributed by atoms with Crippen LogP contribution < -0.4 is 14.2 Å². The number of amides is 1. The molecule has 0 spiro atoms. The van der Waals surface area contributed by atoms with Gasteiger partial charge in [-0.25, -0.2) is 0 Å². The van der Waals surface area contributed by atoms with Gasteiger partial charge < -0.3 is 29.0 Å². The molecule has 2 aliphatic heterocycles. The first-order chi connectivity index (χ1) is 18.2. The number of benzene rings is 2. The number of hydrogen-bond acceptors (Lipinski definition) is 7. The van der Waals surface area contributed by atoms with Gasteiger partial charge in [0.2, 0.25) is 0 Å². The van der Waals surface area contributed by atoms with Gasteiger partial charge in [0, 0.05) is 18.7 Å². The molecule has 1 amide bonds. The molecule has 2 aromatic carbocycles. The Morgan fingerprint density at radius 3 is 2.50 bits per heavy atom. The predicted molar refractivity (Wildman–Crippen MR) is 144 cm³/mol. The van der Waals surface area contributed by atoms with Crippen molar-refractivity contribution < 1.29 is 33.6 Å². The smallest absolute Gasteiger partial charge is 0.295 e. The van der Waals surface area contributed by atoms with Crippen molar-refractivity contribution >= 4 is 17.4 Å². The lowest BCUT2D eigenvalue weighted by Crippen LogP contribution is -2.36. The number of methoxy groups -OCH3 is 1. The molecule has 2 atom stereocenters. The first kappa shape index (κ1) is 27.5. The average molecular weight is 524 g/mol. The van der Waals surface area contributed by atoms with Gasteiger partial charge >= 0.3 is 0 Å². The maximum absolute atomic E-state index is 13.4. The summed E-state index contributed by atoms with van der Waals surface area (Å²) < 4.78 is 22.9. The standard InChI is InChI=1S/C30H37NO7/c1-6-36-24-12-9-20(15-25(24)35-5)27-26(29(33)30(34)31(27)16-22-8-7-13-37-22)28(32)21-10-11-23(19(4)14-21)38-17-18(2)3/h9-12,14-15,18,22,27,32H,6-8,13,16-17H2,1-5H3/b28-26-. The summed E-state index contributed by atoms with van der Waals surface area (Å²) in [7, 11) is 1.54. The van der Waals surface area contributed by atoms with Crippen LogP contribution in [0.5, 0.6) is 17.2 Å². The van der Waals surface area contributed by atoms with E-state index in [1.807, 2.05) is 13.8 Å². The Hall–Kier alpha value is -3.52. The zero-order valence-electron chi connectivity index (χ0n) is 22.8. The van der Waals surface area contributed by atoms with Gasteiger partial charge in [0.05, 0.1) is 38.0 Å². The molecule has 1 N–H and O–H groups in total. The van der Waals surface area contributed by atoms with E-state index in [1.165, 1.54) is 12.0 Å². The highest BCUT2D eigenvalue weighted by molar-refractivity contribution is 6.46. The lowest BCUT2D eigenvalue weighted by molar-refractivity contribution is -0.140. The summed E-state index contributed by atoms with van der Waals surface area (Å²) >= 11 is 0. The lowest BCUT2D eigenvalue weighted by Gasteiger charge is -2.28. The highest BCUT2D eigenvalue weighted by atomic mass is 16.5. The van der Waals surface area contributed by atoms with E-state index in [0.29, 0.717) is 54.1 Å². The summed E-state index contributed by atoms with van der Waals surface area (Å²) in [5, 5.41) is 11.5. The second-order valence-corrected chi connectivity index (χ2v) is 10.1. The molecule has 2 fully saturated rings. The minimum atomic E-state index is -0.805. The number of rotatable bonds is 10. The van der Waals surface area contributed by atoms with E-state index in [2.05, 4.69) is 13.8 Å². The molecule has 0 aromatic heterocycles. The van der Waals surface area contributed by atoms with E-state index in [4.69, 9.17) is 18.9 Å². The number of carbonyl (C=O) groups excluding carboxylic acids is 2. The van der Waals surface area contributed by atoms with Crippen LogP contribution in [0.1, 0.15) is 56.3 Å². The molecule has 4 rings (SSSR count). The molecule has 0 radical (unpaired) electrons. The van der Waals surface area contributed by atoms with E-state index < -0.39 is 17.7 Å². The van der Waals surface area contributed by atoms with Gasteiger partial charge in [-0.05, 0) is 74.1 Å². The average Bonchev–Trinajstić information content (AvgIpc) is 3.50. The molecule has 204 valence electrons. The van der Waals surface area contributed by atoms with Gasteiger partial charge in [0.1, 0.15) is 11.5 Å². The van der Waals surface area contributed by atoms with Crippen molar-refractivity contribution in [3.05, 3.63) is 58.7 Å². The van der Waals surface area contributed by atoms with Crippen molar-refractivity contribution in [3.63, 3.8) is 0 Å². The summed E-state index contributed by atoms with van der Waals surface area (Å²) in [6.45, 7) is 9.82. The maximum Gasteiger partial charge on any atom is 0.295 e. The molecule has 2 saturated heterocycles. The fourth-order valence-electron chi connectivity index (χ4n) is 4.92. The number of ketones is 1. The quantitative estimate of drug-likeness (QED) is 0.265. The number of ether oxygens (including phenoxy) is 4. The number of carbonyl (C=O) groups is 2. The van der Waals surface area contributed by atoms with Crippen LogP contribution in [0.4, 0.5) is 0 Å². The third kappa shape index (κ3) is 5.65. The third-order valence-corrected chi connectivity index (χ3v) is 6.79. The van der Waals surface area contributed by atoms with Crippen molar-refractivity contribution in [1.82, 2.24) is 4.90 Å². The SMILES string of the molecule is CCOc1ccc(C2/C(=C(/O)c3ccc(OCC(C)C)c(C)c3)C(=O)C(=O)N2CC2CCCO2)cc1OC. The van der Waals surface area contributed by atoms with E-state index in [9.17, 15) is 14.7 Å². The molecular weight excluding hydrogens is 486 g/mol. The Morgan fingerprint density at radius 1 is 1.11 bits per heavy atom. The Bertz CT molecular complexity index is 1210. The van der Waals surface area contributed by atoms with Gasteiger partial charge in [-0.2, -0.15) is 0 Å². The molecule has 0 saturated carbocycles. The molecule has 2 aliphatic rings. The van der Waals surface area contributed by atoms with E-state index in [0.717, 1.165) is 18.4 Å². The number of nitrogens with zero attached hydrogens (tertiary/aromatic N) is 1. The summed E-state index contributed by atoms with van der Waals surface area (Å²) in [5.74, 6) is 0.506. The Labute approximate surface area is 224 Å².